The summed E-state index contributed by atoms with van der Waals surface area (Å²) in [4.78, 5) is 18.5. The Kier molecular flexibility index (Phi) is 5.20. The minimum atomic E-state index is -3.57. The van der Waals surface area contributed by atoms with Gasteiger partial charge in [-0.3, -0.25) is 4.79 Å². The molecule has 2 aliphatic heterocycles. The van der Waals surface area contributed by atoms with Crippen LogP contribution in [0.2, 0.25) is 0 Å². The van der Waals surface area contributed by atoms with E-state index in [1.54, 1.807) is 35.4 Å². The number of ether oxygens (including phenoxy) is 1. The molecule has 0 spiro atoms. The standard InChI is InChI=1S/C19H15BrN4O4S/c20-13-3-1-4-15(11-13)28-17-7-6-14(12-21-17)22-19(25)16-5-2-8-24-9-10-29(26,27)23-18(16)24/h1-8,11-12H,9-10H2,(H,22,25). The number of hydrogen-bond acceptors (Lipinski definition) is 6. The monoisotopic (exact) mass is 474 g/mol. The first-order valence-corrected chi connectivity index (χ1v) is 11.0. The fourth-order valence-corrected chi connectivity index (χ4v) is 4.12. The molecule has 0 saturated heterocycles. The predicted octanol–water partition coefficient (Wildman–Crippen LogP) is 3.07. The summed E-state index contributed by atoms with van der Waals surface area (Å²) in [6.45, 7) is 0.255. The van der Waals surface area contributed by atoms with Crippen LogP contribution in [0.5, 0.6) is 11.6 Å². The van der Waals surface area contributed by atoms with E-state index in [9.17, 15) is 13.2 Å². The Balaban J connectivity index is 1.48. The Morgan fingerprint density at radius 1 is 1.24 bits per heavy atom. The fourth-order valence-electron chi connectivity index (χ4n) is 2.76. The molecule has 4 rings (SSSR count). The second-order valence-corrected chi connectivity index (χ2v) is 8.89. The zero-order valence-electron chi connectivity index (χ0n) is 14.9. The lowest BCUT2D eigenvalue weighted by molar-refractivity contribution is -0.112. The van der Waals surface area contributed by atoms with Crippen LogP contribution >= 0.6 is 15.9 Å². The molecule has 2 aromatic rings. The van der Waals surface area contributed by atoms with E-state index in [1.807, 2.05) is 18.2 Å². The van der Waals surface area contributed by atoms with Crippen LogP contribution < -0.4 is 10.1 Å². The van der Waals surface area contributed by atoms with Crippen LogP contribution in [0.4, 0.5) is 5.69 Å². The van der Waals surface area contributed by atoms with Gasteiger partial charge in [-0.05, 0) is 36.4 Å². The van der Waals surface area contributed by atoms with E-state index in [0.29, 0.717) is 17.3 Å². The SMILES string of the molecule is O=C(Nc1ccc(Oc2cccc(Br)c2)nc1)C1=CC=CN2CCS(=O)(=O)N=C12. The predicted molar refractivity (Wildman–Crippen MR) is 112 cm³/mol. The molecule has 0 unspecified atom stereocenters. The van der Waals surface area contributed by atoms with Gasteiger partial charge < -0.3 is 15.0 Å². The number of allylic oxidation sites excluding steroid dienone is 2. The number of hydrogen-bond donors (Lipinski definition) is 1. The summed E-state index contributed by atoms with van der Waals surface area (Å²) in [5.41, 5.74) is 0.614. The second-order valence-electron chi connectivity index (χ2n) is 6.21. The Morgan fingerprint density at radius 3 is 2.86 bits per heavy atom. The topological polar surface area (TPSA) is 101 Å². The first kappa shape index (κ1) is 19.3. The zero-order valence-corrected chi connectivity index (χ0v) is 17.4. The lowest BCUT2D eigenvalue weighted by Gasteiger charge is -2.28. The van der Waals surface area contributed by atoms with Crippen molar-refractivity contribution in [3.05, 3.63) is 71.0 Å². The molecule has 0 saturated carbocycles. The molecule has 10 heteroatoms. The molecule has 1 N–H and O–H groups in total. The van der Waals surface area contributed by atoms with Crippen LogP contribution in [0.1, 0.15) is 0 Å². The molecule has 3 heterocycles. The highest BCUT2D eigenvalue weighted by atomic mass is 79.9. The normalized spacial score (nSPS) is 17.1. The molecule has 0 radical (unpaired) electrons. The van der Waals surface area contributed by atoms with Gasteiger partial charge in [0.2, 0.25) is 5.88 Å². The number of carbonyl (C=O) groups is 1. The van der Waals surface area contributed by atoms with Gasteiger partial charge in [-0.1, -0.05) is 22.0 Å². The minimum Gasteiger partial charge on any atom is -0.439 e. The summed E-state index contributed by atoms with van der Waals surface area (Å²) in [7, 11) is -3.57. The Labute approximate surface area is 175 Å². The van der Waals surface area contributed by atoms with Gasteiger partial charge in [-0.2, -0.15) is 0 Å². The van der Waals surface area contributed by atoms with Gasteiger partial charge in [-0.15, -0.1) is 4.40 Å². The van der Waals surface area contributed by atoms with Crippen LogP contribution in [0.15, 0.2) is 75.4 Å². The molecule has 1 aromatic carbocycles. The Hall–Kier alpha value is -2.98. The van der Waals surface area contributed by atoms with Crippen molar-refractivity contribution >= 4 is 43.4 Å². The molecule has 1 amide bonds. The number of carbonyl (C=O) groups excluding carboxylic acids is 1. The Bertz CT molecular complexity index is 1160. The van der Waals surface area contributed by atoms with E-state index < -0.39 is 15.9 Å². The van der Waals surface area contributed by atoms with Gasteiger partial charge in [0, 0.05) is 23.3 Å². The molecular formula is C19H15BrN4O4S. The number of rotatable bonds is 4. The van der Waals surface area contributed by atoms with Crippen molar-refractivity contribution in [3.63, 3.8) is 0 Å². The van der Waals surface area contributed by atoms with Crippen molar-refractivity contribution < 1.29 is 17.9 Å². The van der Waals surface area contributed by atoms with Crippen LogP contribution in [0.3, 0.4) is 0 Å². The summed E-state index contributed by atoms with van der Waals surface area (Å²) in [5.74, 6) is 0.560. The number of benzene rings is 1. The molecule has 0 atom stereocenters. The molecule has 0 bridgehead atoms. The van der Waals surface area contributed by atoms with Crippen molar-refractivity contribution in [2.75, 3.05) is 17.6 Å². The number of anilines is 1. The van der Waals surface area contributed by atoms with Gasteiger partial charge >= 0.3 is 0 Å². The van der Waals surface area contributed by atoms with Crippen LogP contribution in [-0.2, 0) is 14.8 Å². The largest absolute Gasteiger partial charge is 0.439 e. The van der Waals surface area contributed by atoms with Crippen LogP contribution in [0.25, 0.3) is 0 Å². The van der Waals surface area contributed by atoms with Gasteiger partial charge in [-0.25, -0.2) is 13.4 Å². The molecule has 2 aliphatic rings. The summed E-state index contributed by atoms with van der Waals surface area (Å²) in [5, 5.41) is 2.70. The van der Waals surface area contributed by atoms with Gasteiger partial charge in [0.1, 0.15) is 5.75 Å². The fraction of sp³-hybridized carbons (Fsp3) is 0.105. The molecule has 0 fully saturated rings. The molecule has 8 nitrogen and oxygen atoms in total. The van der Waals surface area contributed by atoms with E-state index in [1.165, 1.54) is 12.3 Å². The summed E-state index contributed by atoms with van der Waals surface area (Å²) < 4.78 is 33.9. The number of amidine groups is 1. The average molecular weight is 475 g/mol. The number of nitrogens with zero attached hydrogens (tertiary/aromatic N) is 3. The van der Waals surface area contributed by atoms with E-state index in [-0.39, 0.29) is 23.7 Å². The maximum absolute atomic E-state index is 12.7. The molecule has 29 heavy (non-hydrogen) atoms. The quantitative estimate of drug-likeness (QED) is 0.730. The third-order valence-corrected chi connectivity index (χ3v) is 5.76. The van der Waals surface area contributed by atoms with E-state index in [4.69, 9.17) is 4.74 Å². The first-order valence-electron chi connectivity index (χ1n) is 8.59. The molecule has 0 aliphatic carbocycles. The molecule has 1 aromatic heterocycles. The number of halogens is 1. The Morgan fingerprint density at radius 2 is 2.10 bits per heavy atom. The van der Waals surface area contributed by atoms with Crippen molar-refractivity contribution in [1.29, 1.82) is 0 Å². The van der Waals surface area contributed by atoms with Crippen molar-refractivity contribution in [1.82, 2.24) is 9.88 Å². The lowest BCUT2D eigenvalue weighted by atomic mass is 10.1. The molecular weight excluding hydrogens is 460 g/mol. The highest BCUT2D eigenvalue weighted by Crippen LogP contribution is 2.24. The maximum Gasteiger partial charge on any atom is 0.259 e. The van der Waals surface area contributed by atoms with Gasteiger partial charge in [0.15, 0.2) is 5.84 Å². The third kappa shape index (κ3) is 4.54. The number of aromatic nitrogens is 1. The number of amides is 1. The average Bonchev–Trinajstić information content (AvgIpc) is 2.68. The van der Waals surface area contributed by atoms with Crippen LogP contribution in [0, 0.1) is 0 Å². The van der Waals surface area contributed by atoms with Crippen LogP contribution in [-0.4, -0.2) is 42.3 Å². The summed E-state index contributed by atoms with van der Waals surface area (Å²) in [6, 6.07) is 10.6. The first-order chi connectivity index (χ1) is 13.9. The van der Waals surface area contributed by atoms with E-state index in [2.05, 4.69) is 30.6 Å². The van der Waals surface area contributed by atoms with Crippen molar-refractivity contribution in [3.8, 4) is 11.6 Å². The van der Waals surface area contributed by atoms with Crippen molar-refractivity contribution in [2.45, 2.75) is 0 Å². The number of fused-ring (bicyclic) bond motifs is 1. The van der Waals surface area contributed by atoms with Gasteiger partial charge in [0.05, 0.1) is 23.2 Å². The second kappa shape index (κ2) is 7.80. The smallest absolute Gasteiger partial charge is 0.259 e. The zero-order chi connectivity index (χ0) is 20.4. The number of nitrogens with one attached hydrogen (secondary N) is 1. The highest BCUT2D eigenvalue weighted by Gasteiger charge is 2.29. The minimum absolute atomic E-state index is 0.0842. The maximum atomic E-state index is 12.7. The number of sulfonamides is 1. The highest BCUT2D eigenvalue weighted by molar-refractivity contribution is 9.10. The van der Waals surface area contributed by atoms with E-state index >= 15 is 0 Å². The third-order valence-electron chi connectivity index (χ3n) is 4.11. The number of pyridine rings is 1. The van der Waals surface area contributed by atoms with Crippen molar-refractivity contribution in [2.24, 2.45) is 4.40 Å². The van der Waals surface area contributed by atoms with Gasteiger partial charge in [0.25, 0.3) is 15.9 Å². The summed E-state index contributed by atoms with van der Waals surface area (Å²) >= 11 is 3.37. The summed E-state index contributed by atoms with van der Waals surface area (Å²) in [6.07, 6.45) is 6.37. The molecule has 148 valence electrons. The van der Waals surface area contributed by atoms with E-state index in [0.717, 1.165) is 4.47 Å². The lowest BCUT2D eigenvalue weighted by Crippen LogP contribution is -2.40.